The zero-order valence-corrected chi connectivity index (χ0v) is 16.6. The average molecular weight is 378 g/mol. The molecule has 4 saturated carbocycles. The van der Waals surface area contributed by atoms with Crippen LogP contribution in [0.25, 0.3) is 0 Å². The van der Waals surface area contributed by atoms with Gasteiger partial charge in [0.2, 0.25) is 0 Å². The molecule has 152 valence electrons. The Kier molecular flexibility index (Phi) is 5.62. The molecule has 0 aromatic carbocycles. The Balaban J connectivity index is 1.25. The Morgan fingerprint density at radius 3 is 2.33 bits per heavy atom. The van der Waals surface area contributed by atoms with E-state index in [-0.39, 0.29) is 18.6 Å². The predicted octanol–water partition coefficient (Wildman–Crippen LogP) is 2.64. The molecule has 1 unspecified atom stereocenters. The molecule has 4 aliphatic carbocycles. The van der Waals surface area contributed by atoms with Gasteiger partial charge in [0.25, 0.3) is 0 Å². The minimum atomic E-state index is -0.785. The quantitative estimate of drug-likeness (QED) is 0.773. The van der Waals surface area contributed by atoms with E-state index in [0.717, 1.165) is 62.6 Å². The van der Waals surface area contributed by atoms with Crippen molar-refractivity contribution in [2.24, 2.45) is 29.6 Å². The monoisotopic (exact) mass is 377 g/mol. The molecule has 0 radical (unpaired) electrons. The van der Waals surface area contributed by atoms with E-state index in [4.69, 9.17) is 5.11 Å². The Labute approximate surface area is 162 Å². The molecule has 6 nitrogen and oxygen atoms in total. The van der Waals surface area contributed by atoms with Gasteiger partial charge in [0.15, 0.2) is 0 Å². The summed E-state index contributed by atoms with van der Waals surface area (Å²) in [6, 6.07) is 0.341. The van der Waals surface area contributed by atoms with Crippen LogP contribution in [-0.2, 0) is 4.79 Å². The highest BCUT2D eigenvalue weighted by atomic mass is 16.4. The number of urea groups is 1. The van der Waals surface area contributed by atoms with Crippen molar-refractivity contribution in [1.29, 1.82) is 0 Å². The third-order valence-electron chi connectivity index (χ3n) is 7.90. The van der Waals surface area contributed by atoms with Crippen LogP contribution in [0.4, 0.5) is 4.79 Å². The lowest BCUT2D eigenvalue weighted by molar-refractivity contribution is -0.138. The number of nitrogens with zero attached hydrogens (tertiary/aromatic N) is 2. The highest BCUT2D eigenvalue weighted by molar-refractivity contribution is 5.74. The van der Waals surface area contributed by atoms with Gasteiger partial charge in [0.05, 0.1) is 6.54 Å². The SMILES string of the molecule is CN(CC(=O)O)C1CCCN(C(=O)NCC2C3CC4CC(C3)CC2C4)CC1. The topological polar surface area (TPSA) is 72.9 Å². The fourth-order valence-electron chi connectivity index (χ4n) is 6.75. The lowest BCUT2D eigenvalue weighted by atomic mass is 9.52. The molecule has 27 heavy (non-hydrogen) atoms. The number of carbonyl (C=O) groups excluding carboxylic acids is 1. The minimum absolute atomic E-state index is 0.0727. The van der Waals surface area contributed by atoms with E-state index in [1.54, 1.807) is 0 Å². The summed E-state index contributed by atoms with van der Waals surface area (Å²) in [4.78, 5) is 27.5. The first-order chi connectivity index (χ1) is 13.0. The van der Waals surface area contributed by atoms with Crippen LogP contribution in [0.15, 0.2) is 0 Å². The van der Waals surface area contributed by atoms with Crippen molar-refractivity contribution in [3.8, 4) is 0 Å². The fourth-order valence-corrected chi connectivity index (χ4v) is 6.75. The molecule has 5 aliphatic rings. The summed E-state index contributed by atoms with van der Waals surface area (Å²) in [5.74, 6) is 3.56. The number of hydrogen-bond donors (Lipinski definition) is 2. The first kappa shape index (κ1) is 19.0. The molecule has 1 saturated heterocycles. The van der Waals surface area contributed by atoms with Gasteiger partial charge in [-0.3, -0.25) is 9.69 Å². The zero-order valence-electron chi connectivity index (χ0n) is 16.6. The van der Waals surface area contributed by atoms with Gasteiger partial charge in [-0.05, 0) is 88.0 Å². The molecule has 2 amide bonds. The third kappa shape index (κ3) is 4.25. The molecule has 0 aromatic heterocycles. The van der Waals surface area contributed by atoms with Crippen molar-refractivity contribution in [2.75, 3.05) is 33.2 Å². The smallest absolute Gasteiger partial charge is 0.317 e. The summed E-state index contributed by atoms with van der Waals surface area (Å²) in [6.07, 6.45) is 9.82. The Morgan fingerprint density at radius 1 is 1.04 bits per heavy atom. The van der Waals surface area contributed by atoms with E-state index < -0.39 is 5.97 Å². The molecule has 4 bridgehead atoms. The molecule has 1 aliphatic heterocycles. The lowest BCUT2D eigenvalue weighted by Crippen LogP contribution is -2.50. The molecule has 2 N–H and O–H groups in total. The van der Waals surface area contributed by atoms with Gasteiger partial charge in [-0.2, -0.15) is 0 Å². The molecule has 0 aromatic rings. The van der Waals surface area contributed by atoms with Crippen LogP contribution < -0.4 is 5.32 Å². The molecule has 5 fully saturated rings. The normalized spacial score (nSPS) is 38.1. The summed E-state index contributed by atoms with van der Waals surface area (Å²) < 4.78 is 0. The van der Waals surface area contributed by atoms with Gasteiger partial charge in [0.1, 0.15) is 0 Å². The summed E-state index contributed by atoms with van der Waals surface area (Å²) >= 11 is 0. The summed E-state index contributed by atoms with van der Waals surface area (Å²) in [7, 11) is 1.88. The van der Waals surface area contributed by atoms with Crippen LogP contribution >= 0.6 is 0 Å². The Hall–Kier alpha value is -1.30. The van der Waals surface area contributed by atoms with Crippen molar-refractivity contribution < 1.29 is 14.7 Å². The number of carbonyl (C=O) groups is 2. The molecule has 0 spiro atoms. The average Bonchev–Trinajstić information content (AvgIpc) is 2.86. The standard InChI is InChI=1S/C21H35N3O3/c1-23(13-20(25)26)18-3-2-5-24(6-4-18)21(27)22-12-19-16-8-14-7-15(10-16)11-17(19)9-14/h14-19H,2-13H2,1H3,(H,22,27)(H,25,26). The fraction of sp³-hybridized carbons (Fsp3) is 0.905. The van der Waals surface area contributed by atoms with Crippen LogP contribution in [0.5, 0.6) is 0 Å². The number of nitrogens with one attached hydrogen (secondary N) is 1. The first-order valence-corrected chi connectivity index (χ1v) is 10.9. The lowest BCUT2D eigenvalue weighted by Gasteiger charge is -2.54. The van der Waals surface area contributed by atoms with Crippen molar-refractivity contribution in [3.63, 3.8) is 0 Å². The van der Waals surface area contributed by atoms with Crippen molar-refractivity contribution in [2.45, 2.75) is 57.4 Å². The molecule has 1 atom stereocenters. The van der Waals surface area contributed by atoms with Gasteiger partial charge in [-0.25, -0.2) is 4.79 Å². The molecule has 6 heteroatoms. The van der Waals surface area contributed by atoms with Gasteiger partial charge >= 0.3 is 12.0 Å². The molecular weight excluding hydrogens is 342 g/mol. The first-order valence-electron chi connectivity index (χ1n) is 10.9. The Morgan fingerprint density at radius 2 is 1.70 bits per heavy atom. The molecule has 5 rings (SSSR count). The maximum absolute atomic E-state index is 12.7. The number of amides is 2. The van der Waals surface area contributed by atoms with E-state index in [9.17, 15) is 9.59 Å². The van der Waals surface area contributed by atoms with Gasteiger partial charge in [-0.1, -0.05) is 0 Å². The van der Waals surface area contributed by atoms with Crippen LogP contribution in [0.2, 0.25) is 0 Å². The second-order valence-electron chi connectivity index (χ2n) is 9.66. The third-order valence-corrected chi connectivity index (χ3v) is 7.90. The number of hydrogen-bond acceptors (Lipinski definition) is 3. The zero-order chi connectivity index (χ0) is 19.0. The van der Waals surface area contributed by atoms with Crippen molar-refractivity contribution >= 4 is 12.0 Å². The largest absolute Gasteiger partial charge is 0.480 e. The van der Waals surface area contributed by atoms with Crippen molar-refractivity contribution in [3.05, 3.63) is 0 Å². The van der Waals surface area contributed by atoms with Crippen molar-refractivity contribution in [1.82, 2.24) is 15.1 Å². The highest BCUT2D eigenvalue weighted by Crippen LogP contribution is 2.56. The number of likely N-dealkylation sites (tertiary alicyclic amines) is 1. The van der Waals surface area contributed by atoms with E-state index in [1.807, 2.05) is 16.8 Å². The van der Waals surface area contributed by atoms with Crippen LogP contribution in [0.3, 0.4) is 0 Å². The summed E-state index contributed by atoms with van der Waals surface area (Å²) in [5.41, 5.74) is 0. The van der Waals surface area contributed by atoms with Crippen LogP contribution in [0, 0.1) is 29.6 Å². The van der Waals surface area contributed by atoms with E-state index in [1.165, 1.54) is 32.1 Å². The Bertz CT molecular complexity index is 539. The number of carboxylic acid groups (broad SMARTS) is 1. The van der Waals surface area contributed by atoms with Gasteiger partial charge < -0.3 is 15.3 Å². The number of likely N-dealkylation sites (N-methyl/N-ethyl adjacent to an activating group) is 1. The van der Waals surface area contributed by atoms with E-state index >= 15 is 0 Å². The van der Waals surface area contributed by atoms with E-state index in [2.05, 4.69) is 5.32 Å². The van der Waals surface area contributed by atoms with Crippen LogP contribution in [-0.4, -0.2) is 66.2 Å². The van der Waals surface area contributed by atoms with E-state index in [0.29, 0.717) is 5.92 Å². The highest BCUT2D eigenvalue weighted by Gasteiger charge is 2.48. The molecule has 1 heterocycles. The van der Waals surface area contributed by atoms with Gasteiger partial charge in [0, 0.05) is 25.7 Å². The minimum Gasteiger partial charge on any atom is -0.480 e. The van der Waals surface area contributed by atoms with Crippen LogP contribution in [0.1, 0.15) is 51.4 Å². The summed E-state index contributed by atoms with van der Waals surface area (Å²) in [5, 5.41) is 12.3. The molecular formula is C21H35N3O3. The van der Waals surface area contributed by atoms with Gasteiger partial charge in [-0.15, -0.1) is 0 Å². The maximum atomic E-state index is 12.7. The second kappa shape index (κ2) is 7.98. The number of aliphatic carboxylic acids is 1. The number of rotatable bonds is 5. The second-order valence-corrected chi connectivity index (χ2v) is 9.66. The maximum Gasteiger partial charge on any atom is 0.317 e. The predicted molar refractivity (Wildman–Crippen MR) is 103 cm³/mol. The summed E-state index contributed by atoms with van der Waals surface area (Å²) in [6.45, 7) is 2.43. The number of carboxylic acids is 1.